The number of nitrogens with one attached hydrogen (secondary N) is 1. The van der Waals surface area contributed by atoms with E-state index in [1.165, 1.54) is 34.9 Å². The van der Waals surface area contributed by atoms with Crippen molar-refractivity contribution in [3.63, 3.8) is 0 Å². The van der Waals surface area contributed by atoms with Crippen molar-refractivity contribution in [3.05, 3.63) is 126 Å². The number of hydrogen-bond acceptors (Lipinski definition) is 5. The molecule has 7 nitrogen and oxygen atoms in total. The number of rotatable bonds is 14. The highest BCUT2D eigenvalue weighted by Crippen LogP contribution is 2.27. The Bertz CT molecular complexity index is 1720. The summed E-state index contributed by atoms with van der Waals surface area (Å²) >= 11 is 1.49. The van der Waals surface area contributed by atoms with Crippen LogP contribution >= 0.6 is 11.8 Å². The van der Waals surface area contributed by atoms with Gasteiger partial charge in [-0.1, -0.05) is 73.2 Å². The molecule has 1 N–H and O–H groups in total. The van der Waals surface area contributed by atoms with Crippen molar-refractivity contribution in [2.75, 3.05) is 17.1 Å². The number of sulfonamides is 1. The minimum atomic E-state index is -4.23. The summed E-state index contributed by atoms with van der Waals surface area (Å²) in [6.45, 7) is 4.85. The Hall–Kier alpha value is -4.15. The second kappa shape index (κ2) is 15.9. The number of carbonyl (C=O) groups excluding carboxylic acids is 2. The van der Waals surface area contributed by atoms with Gasteiger partial charge in [-0.05, 0) is 74.6 Å². The lowest BCUT2D eigenvalue weighted by Crippen LogP contribution is -2.54. The van der Waals surface area contributed by atoms with Crippen LogP contribution in [0.3, 0.4) is 0 Å². The number of carbonyl (C=O) groups is 2. The molecule has 4 aromatic rings. The average molecular weight is 662 g/mol. The zero-order chi connectivity index (χ0) is 33.3. The van der Waals surface area contributed by atoms with Crippen molar-refractivity contribution in [1.29, 1.82) is 0 Å². The molecule has 2 amide bonds. The molecule has 46 heavy (non-hydrogen) atoms. The first-order valence-electron chi connectivity index (χ1n) is 15.1. The minimum absolute atomic E-state index is 0.0229. The zero-order valence-corrected chi connectivity index (χ0v) is 28.2. The third kappa shape index (κ3) is 8.76. The SMILES string of the molecule is CC[C@@H](C)NC(=O)[C@H](Cc1ccccc1)N(Cc1ccccc1F)C(=O)CN(c1ccc(C)cc1)S(=O)(=O)c1ccc(SC)cc1. The van der Waals surface area contributed by atoms with Crippen LogP contribution in [0.1, 0.15) is 37.0 Å². The molecule has 0 bridgehead atoms. The fourth-order valence-corrected chi connectivity index (χ4v) is 6.74. The molecule has 0 aliphatic carbocycles. The summed E-state index contributed by atoms with van der Waals surface area (Å²) in [5, 5.41) is 2.98. The number of hydrogen-bond donors (Lipinski definition) is 1. The molecule has 0 saturated carbocycles. The molecule has 0 unspecified atom stereocenters. The van der Waals surface area contributed by atoms with E-state index in [2.05, 4.69) is 5.32 Å². The van der Waals surface area contributed by atoms with Crippen LogP contribution in [-0.2, 0) is 32.6 Å². The molecule has 4 aromatic carbocycles. The maximum absolute atomic E-state index is 15.1. The second-order valence-electron chi connectivity index (χ2n) is 11.2. The monoisotopic (exact) mass is 661 g/mol. The molecule has 0 aliphatic rings. The summed E-state index contributed by atoms with van der Waals surface area (Å²) in [6, 6.07) is 27.4. The normalized spacial score (nSPS) is 12.6. The smallest absolute Gasteiger partial charge is 0.264 e. The van der Waals surface area contributed by atoms with Gasteiger partial charge >= 0.3 is 0 Å². The Labute approximate surface area is 275 Å². The van der Waals surface area contributed by atoms with Gasteiger partial charge in [0, 0.05) is 29.5 Å². The molecule has 4 rings (SSSR count). The largest absolute Gasteiger partial charge is 0.352 e. The molecule has 0 aliphatic heterocycles. The van der Waals surface area contributed by atoms with Gasteiger partial charge in [0.05, 0.1) is 10.6 Å². The molecule has 0 saturated heterocycles. The maximum atomic E-state index is 15.1. The molecule has 242 valence electrons. The van der Waals surface area contributed by atoms with Crippen molar-refractivity contribution in [2.24, 2.45) is 0 Å². The van der Waals surface area contributed by atoms with Gasteiger partial charge in [-0.2, -0.15) is 0 Å². The standard InChI is InChI=1S/C36H40FN3O4S2/c1-5-27(3)38-36(42)34(23-28-11-7-6-8-12-28)39(24-29-13-9-10-14-33(29)37)35(41)25-40(30-17-15-26(2)16-18-30)46(43,44)32-21-19-31(45-4)20-22-32/h6-22,27,34H,5,23-25H2,1-4H3,(H,38,42)/t27-,34+/m1/s1. The van der Waals surface area contributed by atoms with Gasteiger partial charge in [0.2, 0.25) is 11.8 Å². The average Bonchev–Trinajstić information content (AvgIpc) is 3.06. The van der Waals surface area contributed by atoms with E-state index in [0.717, 1.165) is 20.3 Å². The first-order valence-corrected chi connectivity index (χ1v) is 17.8. The summed E-state index contributed by atoms with van der Waals surface area (Å²) in [7, 11) is -4.23. The number of thioether (sulfide) groups is 1. The van der Waals surface area contributed by atoms with Crippen LogP contribution in [0.2, 0.25) is 0 Å². The maximum Gasteiger partial charge on any atom is 0.264 e. The van der Waals surface area contributed by atoms with Crippen molar-refractivity contribution in [1.82, 2.24) is 10.2 Å². The van der Waals surface area contributed by atoms with Crippen molar-refractivity contribution >= 4 is 39.3 Å². The van der Waals surface area contributed by atoms with Gasteiger partial charge in [-0.25, -0.2) is 12.8 Å². The number of aryl methyl sites for hydroxylation is 1. The lowest BCUT2D eigenvalue weighted by molar-refractivity contribution is -0.140. The van der Waals surface area contributed by atoms with Crippen LogP contribution in [0.15, 0.2) is 113 Å². The highest BCUT2D eigenvalue weighted by Gasteiger charge is 2.35. The molecule has 0 radical (unpaired) electrons. The Balaban J connectivity index is 1.81. The quantitative estimate of drug-likeness (QED) is 0.154. The van der Waals surface area contributed by atoms with Gasteiger partial charge in [0.25, 0.3) is 10.0 Å². The Morgan fingerprint density at radius 2 is 1.52 bits per heavy atom. The van der Waals surface area contributed by atoms with E-state index >= 15 is 4.39 Å². The lowest BCUT2D eigenvalue weighted by atomic mass is 10.0. The van der Waals surface area contributed by atoms with E-state index in [4.69, 9.17) is 0 Å². The van der Waals surface area contributed by atoms with Gasteiger partial charge in [0.15, 0.2) is 0 Å². The molecule has 0 fully saturated rings. The summed E-state index contributed by atoms with van der Waals surface area (Å²) in [6.07, 6.45) is 2.71. The molecule has 2 atom stereocenters. The molecular weight excluding hydrogens is 622 g/mol. The van der Waals surface area contributed by atoms with E-state index < -0.39 is 40.2 Å². The molecule has 0 aromatic heterocycles. The fourth-order valence-electron chi connectivity index (χ4n) is 4.92. The van der Waals surface area contributed by atoms with Gasteiger partial charge in [-0.15, -0.1) is 11.8 Å². The Morgan fingerprint density at radius 1 is 0.891 bits per heavy atom. The first kappa shape index (κ1) is 34.7. The first-order chi connectivity index (χ1) is 22.0. The van der Waals surface area contributed by atoms with Crippen molar-refractivity contribution in [3.8, 4) is 0 Å². The van der Waals surface area contributed by atoms with E-state index in [9.17, 15) is 18.0 Å². The predicted molar refractivity (Wildman–Crippen MR) is 183 cm³/mol. The summed E-state index contributed by atoms with van der Waals surface area (Å²) in [5.41, 5.74) is 2.22. The third-order valence-electron chi connectivity index (χ3n) is 7.82. The second-order valence-corrected chi connectivity index (χ2v) is 13.9. The minimum Gasteiger partial charge on any atom is -0.352 e. The number of nitrogens with zero attached hydrogens (tertiary/aromatic N) is 2. The molecule has 0 heterocycles. The number of benzene rings is 4. The number of anilines is 1. The van der Waals surface area contributed by atoms with Gasteiger partial charge in [0.1, 0.15) is 18.4 Å². The summed E-state index contributed by atoms with van der Waals surface area (Å²) < 4.78 is 44.5. The summed E-state index contributed by atoms with van der Waals surface area (Å²) in [5.74, 6) is -1.58. The van der Waals surface area contributed by atoms with Crippen LogP contribution < -0.4 is 9.62 Å². The van der Waals surface area contributed by atoms with Crippen LogP contribution in [-0.4, -0.2) is 50.0 Å². The van der Waals surface area contributed by atoms with Crippen LogP contribution in [0.5, 0.6) is 0 Å². The Morgan fingerprint density at radius 3 is 2.13 bits per heavy atom. The number of halogens is 1. The van der Waals surface area contributed by atoms with Gasteiger partial charge in [-0.3, -0.25) is 13.9 Å². The highest BCUT2D eigenvalue weighted by atomic mass is 32.2. The fraction of sp³-hybridized carbons (Fsp3) is 0.278. The Kier molecular flexibility index (Phi) is 12.0. The third-order valence-corrected chi connectivity index (χ3v) is 10.4. The predicted octanol–water partition coefficient (Wildman–Crippen LogP) is 6.61. The zero-order valence-electron chi connectivity index (χ0n) is 26.5. The van der Waals surface area contributed by atoms with E-state index in [-0.39, 0.29) is 29.5 Å². The van der Waals surface area contributed by atoms with Crippen LogP contribution in [0.25, 0.3) is 0 Å². The number of amides is 2. The van der Waals surface area contributed by atoms with Crippen LogP contribution in [0.4, 0.5) is 10.1 Å². The van der Waals surface area contributed by atoms with Crippen molar-refractivity contribution < 1.29 is 22.4 Å². The topological polar surface area (TPSA) is 86.8 Å². The van der Waals surface area contributed by atoms with Gasteiger partial charge < -0.3 is 10.2 Å². The van der Waals surface area contributed by atoms with E-state index in [1.54, 1.807) is 54.6 Å². The van der Waals surface area contributed by atoms with E-state index in [0.29, 0.717) is 12.1 Å². The van der Waals surface area contributed by atoms with Crippen molar-refractivity contribution in [2.45, 2.75) is 62.0 Å². The molecular formula is C36H40FN3O4S2. The molecule has 0 spiro atoms. The summed E-state index contributed by atoms with van der Waals surface area (Å²) in [4.78, 5) is 30.6. The lowest BCUT2D eigenvalue weighted by Gasteiger charge is -2.34. The highest BCUT2D eigenvalue weighted by molar-refractivity contribution is 7.98. The van der Waals surface area contributed by atoms with E-state index in [1.807, 2.05) is 57.4 Å². The van der Waals surface area contributed by atoms with Crippen LogP contribution in [0, 0.1) is 12.7 Å². The molecule has 10 heteroatoms.